The van der Waals surface area contributed by atoms with Crippen molar-refractivity contribution in [3.05, 3.63) is 54.2 Å². The highest BCUT2D eigenvalue weighted by Gasteiger charge is 2.17. The van der Waals surface area contributed by atoms with Crippen LogP contribution < -0.4 is 5.32 Å². The van der Waals surface area contributed by atoms with Crippen molar-refractivity contribution in [3.63, 3.8) is 0 Å². The van der Waals surface area contributed by atoms with Crippen LogP contribution in [0.1, 0.15) is 21.0 Å². The lowest BCUT2D eigenvalue weighted by molar-refractivity contribution is 0.0651. The Bertz CT molecular complexity index is 836. The number of nitrogens with zero attached hydrogens (tertiary/aromatic N) is 2. The molecule has 0 bridgehead atoms. The van der Waals surface area contributed by atoms with Gasteiger partial charge in [-0.3, -0.25) is 9.78 Å². The highest BCUT2D eigenvalue weighted by molar-refractivity contribution is 6.08. The quantitative estimate of drug-likeness (QED) is 0.763. The van der Waals surface area contributed by atoms with Crippen molar-refractivity contribution in [2.75, 3.05) is 5.32 Å². The molecule has 21 heavy (non-hydrogen) atoms. The number of fused-ring (bicyclic) bond motifs is 1. The van der Waals surface area contributed by atoms with E-state index in [4.69, 9.17) is 5.11 Å². The van der Waals surface area contributed by atoms with Crippen LogP contribution in [0.15, 0.2) is 47.2 Å². The van der Waals surface area contributed by atoms with E-state index >= 15 is 0 Å². The number of hydrogen-bond acceptors (Lipinski definition) is 5. The largest absolute Gasteiger partial charge is 0.475 e. The normalized spacial score (nSPS) is 10.5. The summed E-state index contributed by atoms with van der Waals surface area (Å²) in [5.74, 6) is -2.21. The van der Waals surface area contributed by atoms with Gasteiger partial charge in [-0.25, -0.2) is 4.79 Å². The van der Waals surface area contributed by atoms with Gasteiger partial charge in [0, 0.05) is 34.9 Å². The average molecular weight is 283 g/mol. The molecule has 0 aliphatic rings. The number of carboxylic acid groups (broad SMARTS) is 1. The third kappa shape index (κ3) is 2.44. The van der Waals surface area contributed by atoms with Gasteiger partial charge in [0.2, 0.25) is 5.76 Å². The molecule has 2 heterocycles. The van der Waals surface area contributed by atoms with E-state index in [0.717, 1.165) is 16.8 Å². The van der Waals surface area contributed by atoms with Crippen LogP contribution in [-0.4, -0.2) is 27.1 Å². The SMILES string of the molecule is O=C(Nc1cccc2cnccc12)c1cc(C(=O)O)on1. The average Bonchev–Trinajstić information content (AvgIpc) is 2.98. The maximum Gasteiger partial charge on any atom is 0.374 e. The van der Waals surface area contributed by atoms with Gasteiger partial charge in [0.05, 0.1) is 0 Å². The number of carboxylic acids is 1. The van der Waals surface area contributed by atoms with E-state index in [1.165, 1.54) is 0 Å². The molecule has 2 N–H and O–H groups in total. The number of amides is 1. The molecule has 0 saturated carbocycles. The smallest absolute Gasteiger partial charge is 0.374 e. The zero-order valence-corrected chi connectivity index (χ0v) is 10.6. The molecule has 1 amide bonds. The van der Waals surface area contributed by atoms with Gasteiger partial charge < -0.3 is 14.9 Å². The zero-order valence-electron chi connectivity index (χ0n) is 10.6. The molecule has 0 spiro atoms. The molecule has 104 valence electrons. The van der Waals surface area contributed by atoms with Gasteiger partial charge in [0.1, 0.15) is 0 Å². The molecule has 0 fully saturated rings. The second kappa shape index (κ2) is 5.04. The minimum Gasteiger partial charge on any atom is -0.475 e. The van der Waals surface area contributed by atoms with Gasteiger partial charge in [0.15, 0.2) is 5.69 Å². The molecule has 7 heteroatoms. The van der Waals surface area contributed by atoms with E-state index in [2.05, 4.69) is 20.0 Å². The monoisotopic (exact) mass is 283 g/mol. The standard InChI is InChI=1S/C14H9N3O4/c18-13(11-6-12(14(19)20)21-17-11)16-10-3-1-2-8-7-15-5-4-9(8)10/h1-7H,(H,16,18)(H,19,20). The number of nitrogens with one attached hydrogen (secondary N) is 1. The van der Waals surface area contributed by atoms with Crippen LogP contribution in [0.25, 0.3) is 10.8 Å². The number of anilines is 1. The number of pyridine rings is 1. The van der Waals surface area contributed by atoms with Crippen molar-refractivity contribution in [2.24, 2.45) is 0 Å². The van der Waals surface area contributed by atoms with E-state index in [-0.39, 0.29) is 11.5 Å². The Morgan fingerprint density at radius 1 is 1.24 bits per heavy atom. The van der Waals surface area contributed by atoms with E-state index in [9.17, 15) is 9.59 Å². The molecule has 3 aromatic rings. The lowest BCUT2D eigenvalue weighted by Crippen LogP contribution is -2.12. The van der Waals surface area contributed by atoms with Crippen LogP contribution in [0.3, 0.4) is 0 Å². The van der Waals surface area contributed by atoms with Gasteiger partial charge in [0.25, 0.3) is 5.91 Å². The van der Waals surface area contributed by atoms with Crippen molar-refractivity contribution in [3.8, 4) is 0 Å². The van der Waals surface area contributed by atoms with E-state index in [1.54, 1.807) is 30.6 Å². The van der Waals surface area contributed by atoms with Crippen molar-refractivity contribution in [2.45, 2.75) is 0 Å². The Balaban J connectivity index is 1.91. The van der Waals surface area contributed by atoms with Crippen LogP contribution in [-0.2, 0) is 0 Å². The molecule has 0 saturated heterocycles. The Morgan fingerprint density at radius 3 is 2.86 bits per heavy atom. The number of aromatic carboxylic acids is 1. The van der Waals surface area contributed by atoms with Gasteiger partial charge in [-0.1, -0.05) is 17.3 Å². The molecular weight excluding hydrogens is 274 g/mol. The summed E-state index contributed by atoms with van der Waals surface area (Å²) in [6.07, 6.45) is 3.31. The predicted molar refractivity (Wildman–Crippen MR) is 73.2 cm³/mol. The summed E-state index contributed by atoms with van der Waals surface area (Å²) in [7, 11) is 0. The lowest BCUT2D eigenvalue weighted by atomic mass is 10.1. The summed E-state index contributed by atoms with van der Waals surface area (Å²) < 4.78 is 4.55. The Morgan fingerprint density at radius 2 is 2.10 bits per heavy atom. The van der Waals surface area contributed by atoms with Gasteiger partial charge in [-0.05, 0) is 12.1 Å². The van der Waals surface area contributed by atoms with Crippen LogP contribution >= 0.6 is 0 Å². The molecule has 0 aliphatic heterocycles. The summed E-state index contributed by atoms with van der Waals surface area (Å²) in [6.45, 7) is 0. The Hall–Kier alpha value is -3.22. The molecule has 0 radical (unpaired) electrons. The number of aromatic nitrogens is 2. The molecular formula is C14H9N3O4. The molecule has 0 aliphatic carbocycles. The first-order valence-corrected chi connectivity index (χ1v) is 5.99. The summed E-state index contributed by atoms with van der Waals surface area (Å²) >= 11 is 0. The summed E-state index contributed by atoms with van der Waals surface area (Å²) in [5, 5.41) is 16.5. The van der Waals surface area contributed by atoms with Crippen molar-refractivity contribution in [1.82, 2.24) is 10.1 Å². The third-order valence-corrected chi connectivity index (χ3v) is 2.88. The molecule has 2 aromatic heterocycles. The van der Waals surface area contributed by atoms with E-state index < -0.39 is 11.9 Å². The number of benzene rings is 1. The predicted octanol–water partition coefficient (Wildman–Crippen LogP) is 2.17. The molecule has 1 aromatic carbocycles. The summed E-state index contributed by atoms with van der Waals surface area (Å²) in [4.78, 5) is 26.8. The number of carbonyl (C=O) groups excluding carboxylic acids is 1. The fourth-order valence-corrected chi connectivity index (χ4v) is 1.90. The van der Waals surface area contributed by atoms with Crippen LogP contribution in [0.4, 0.5) is 5.69 Å². The maximum atomic E-state index is 12.1. The molecule has 0 unspecified atom stereocenters. The van der Waals surface area contributed by atoms with Crippen molar-refractivity contribution < 1.29 is 19.2 Å². The molecule has 3 rings (SSSR count). The summed E-state index contributed by atoms with van der Waals surface area (Å²) in [6, 6.07) is 8.24. The first-order valence-electron chi connectivity index (χ1n) is 5.99. The van der Waals surface area contributed by atoms with E-state index in [1.807, 2.05) is 6.07 Å². The van der Waals surface area contributed by atoms with Crippen LogP contribution in [0.2, 0.25) is 0 Å². The first-order chi connectivity index (χ1) is 10.1. The van der Waals surface area contributed by atoms with Crippen LogP contribution in [0, 0.1) is 0 Å². The third-order valence-electron chi connectivity index (χ3n) is 2.88. The fourth-order valence-electron chi connectivity index (χ4n) is 1.90. The number of rotatable bonds is 3. The fraction of sp³-hybridized carbons (Fsp3) is 0. The summed E-state index contributed by atoms with van der Waals surface area (Å²) in [5.41, 5.74) is 0.484. The zero-order chi connectivity index (χ0) is 14.8. The highest BCUT2D eigenvalue weighted by atomic mass is 16.5. The molecule has 7 nitrogen and oxygen atoms in total. The topological polar surface area (TPSA) is 105 Å². The van der Waals surface area contributed by atoms with Crippen molar-refractivity contribution in [1.29, 1.82) is 0 Å². The second-order valence-corrected chi connectivity index (χ2v) is 4.24. The lowest BCUT2D eigenvalue weighted by Gasteiger charge is -2.06. The van der Waals surface area contributed by atoms with Crippen LogP contribution in [0.5, 0.6) is 0 Å². The molecule has 0 atom stereocenters. The number of hydrogen-bond donors (Lipinski definition) is 2. The van der Waals surface area contributed by atoms with Gasteiger partial charge in [-0.2, -0.15) is 0 Å². The highest BCUT2D eigenvalue weighted by Crippen LogP contribution is 2.22. The Kier molecular flexibility index (Phi) is 3.07. The Labute approximate surface area is 118 Å². The van der Waals surface area contributed by atoms with Gasteiger partial charge in [-0.15, -0.1) is 0 Å². The first kappa shape index (κ1) is 12.8. The minimum atomic E-state index is -1.28. The van der Waals surface area contributed by atoms with Gasteiger partial charge >= 0.3 is 5.97 Å². The van der Waals surface area contributed by atoms with Crippen molar-refractivity contribution >= 4 is 28.3 Å². The maximum absolute atomic E-state index is 12.1. The van der Waals surface area contributed by atoms with E-state index in [0.29, 0.717) is 5.69 Å². The second-order valence-electron chi connectivity index (χ2n) is 4.24. The minimum absolute atomic E-state index is 0.0986. The number of carbonyl (C=O) groups is 2.